The highest BCUT2D eigenvalue weighted by Gasteiger charge is 2.36. The Morgan fingerprint density at radius 3 is 2.40 bits per heavy atom. The van der Waals surface area contributed by atoms with Gasteiger partial charge in [0.1, 0.15) is 23.5 Å². The molecule has 244 valence electrons. The number of amidine groups is 1. The molecule has 2 aliphatic rings. The van der Waals surface area contributed by atoms with E-state index in [2.05, 4.69) is 72.8 Å². The number of aromatic amines is 2. The monoisotopic (exact) mass is 634 g/mol. The summed E-state index contributed by atoms with van der Waals surface area (Å²) in [5, 5.41) is 17.4. The van der Waals surface area contributed by atoms with E-state index in [0.29, 0.717) is 19.5 Å². The van der Waals surface area contributed by atoms with Gasteiger partial charge in [-0.25, -0.2) is 0 Å². The van der Waals surface area contributed by atoms with E-state index in [0.717, 1.165) is 70.8 Å². The Morgan fingerprint density at radius 1 is 0.936 bits per heavy atom. The highest BCUT2D eigenvalue weighted by atomic mass is 16.5. The number of hydrogen-bond acceptors (Lipinski definition) is 8. The van der Waals surface area contributed by atoms with Gasteiger partial charge in [-0.05, 0) is 48.2 Å². The topological polar surface area (TPSA) is 131 Å². The Bertz CT molecular complexity index is 1870. The second-order valence-corrected chi connectivity index (χ2v) is 12.2. The molecule has 0 radical (unpaired) electrons. The number of nitrogens with one attached hydrogen (secondary N) is 6. The minimum Gasteiger partial charge on any atom is -0.497 e. The number of fused-ring (bicyclic) bond motifs is 2. The molecule has 4 heterocycles. The fourth-order valence-electron chi connectivity index (χ4n) is 6.76. The van der Waals surface area contributed by atoms with Gasteiger partial charge >= 0.3 is 0 Å². The number of amides is 1. The van der Waals surface area contributed by atoms with Gasteiger partial charge in [-0.15, -0.1) is 0 Å². The highest BCUT2D eigenvalue weighted by Crippen LogP contribution is 2.30. The van der Waals surface area contributed by atoms with Gasteiger partial charge in [0.15, 0.2) is 0 Å². The number of carbonyl (C=O) groups excluding carboxylic acids is 1. The summed E-state index contributed by atoms with van der Waals surface area (Å²) in [7, 11) is 3.33. The summed E-state index contributed by atoms with van der Waals surface area (Å²) < 4.78 is 11.3. The quantitative estimate of drug-likeness (QED) is 0.124. The molecular weight excluding hydrogens is 592 g/mol. The normalized spacial score (nSPS) is 18.6. The average molecular weight is 635 g/mol. The number of aryl methyl sites for hydroxylation is 1. The first-order valence-electron chi connectivity index (χ1n) is 16.3. The van der Waals surface area contributed by atoms with Crippen molar-refractivity contribution in [1.29, 1.82) is 0 Å². The third-order valence-corrected chi connectivity index (χ3v) is 9.28. The van der Waals surface area contributed by atoms with Crippen LogP contribution in [-0.4, -0.2) is 78.7 Å². The summed E-state index contributed by atoms with van der Waals surface area (Å²) in [6.45, 7) is 2.69. The molecule has 1 fully saturated rings. The van der Waals surface area contributed by atoms with Gasteiger partial charge in [-0.1, -0.05) is 36.4 Å². The molecule has 2 aliphatic heterocycles. The van der Waals surface area contributed by atoms with Crippen molar-refractivity contribution in [3.05, 3.63) is 95.8 Å². The van der Waals surface area contributed by atoms with E-state index in [1.807, 2.05) is 42.6 Å². The third-order valence-electron chi connectivity index (χ3n) is 9.28. The molecule has 11 heteroatoms. The van der Waals surface area contributed by atoms with Crippen molar-refractivity contribution in [1.82, 2.24) is 36.2 Å². The maximum Gasteiger partial charge on any atom is 0.239 e. The van der Waals surface area contributed by atoms with Crippen LogP contribution < -0.4 is 30.8 Å². The third kappa shape index (κ3) is 6.49. The summed E-state index contributed by atoms with van der Waals surface area (Å²) >= 11 is 0. The van der Waals surface area contributed by atoms with Gasteiger partial charge in [0.25, 0.3) is 0 Å². The van der Waals surface area contributed by atoms with E-state index in [1.54, 1.807) is 14.2 Å². The maximum absolute atomic E-state index is 13.7. The van der Waals surface area contributed by atoms with Gasteiger partial charge in [0.2, 0.25) is 5.91 Å². The summed E-state index contributed by atoms with van der Waals surface area (Å²) in [6.07, 6.45) is 6.25. The molecule has 3 atom stereocenters. The molecule has 11 nitrogen and oxygen atoms in total. The van der Waals surface area contributed by atoms with Crippen LogP contribution in [0.3, 0.4) is 0 Å². The first-order valence-corrected chi connectivity index (χ1v) is 16.3. The van der Waals surface area contributed by atoms with E-state index in [9.17, 15) is 4.79 Å². The van der Waals surface area contributed by atoms with Gasteiger partial charge in [-0.2, -0.15) is 5.10 Å². The number of hydrazone groups is 1. The molecule has 6 N–H and O–H groups in total. The zero-order valence-electron chi connectivity index (χ0n) is 26.8. The second kappa shape index (κ2) is 13.8. The molecule has 2 aromatic heterocycles. The zero-order chi connectivity index (χ0) is 32.2. The lowest BCUT2D eigenvalue weighted by molar-refractivity contribution is -0.123. The van der Waals surface area contributed by atoms with Crippen molar-refractivity contribution in [2.45, 2.75) is 44.1 Å². The predicted molar refractivity (Wildman–Crippen MR) is 185 cm³/mol. The molecule has 3 aromatic carbocycles. The lowest BCUT2D eigenvalue weighted by Gasteiger charge is -2.33. The van der Waals surface area contributed by atoms with Gasteiger partial charge in [0, 0.05) is 78.4 Å². The number of hydrogen-bond donors (Lipinski definition) is 6. The summed E-state index contributed by atoms with van der Waals surface area (Å²) in [5.74, 6) is 2.21. The summed E-state index contributed by atoms with van der Waals surface area (Å²) in [6, 6.07) is 21.8. The number of H-pyrrole nitrogens is 2. The van der Waals surface area contributed by atoms with Crippen LogP contribution in [0.1, 0.15) is 23.1 Å². The number of piperazine rings is 1. The number of nitrogens with zero attached hydrogens (tertiary/aromatic N) is 2. The molecular formula is C36H42N8O3. The molecule has 1 saturated heterocycles. The molecule has 7 rings (SSSR count). The number of para-hydroxylation sites is 2. The van der Waals surface area contributed by atoms with Crippen molar-refractivity contribution >= 4 is 33.5 Å². The molecule has 0 spiro atoms. The number of benzene rings is 3. The van der Waals surface area contributed by atoms with Crippen LogP contribution in [0, 0.1) is 0 Å². The number of methoxy groups -OCH3 is 2. The van der Waals surface area contributed by atoms with E-state index in [1.165, 1.54) is 10.9 Å². The Hall–Kier alpha value is -5.00. The fraction of sp³-hybridized carbons (Fsp3) is 0.333. The number of ether oxygens (including phenoxy) is 2. The van der Waals surface area contributed by atoms with Crippen LogP contribution in [0.5, 0.6) is 11.5 Å². The van der Waals surface area contributed by atoms with E-state index < -0.39 is 0 Å². The number of carbonyl (C=O) groups is 1. The predicted octanol–water partition coefficient (Wildman–Crippen LogP) is 3.63. The van der Waals surface area contributed by atoms with Gasteiger partial charge in [0.05, 0.1) is 26.3 Å². The largest absolute Gasteiger partial charge is 0.497 e. The Morgan fingerprint density at radius 2 is 1.68 bits per heavy atom. The van der Waals surface area contributed by atoms with Crippen LogP contribution in [0.2, 0.25) is 0 Å². The number of aromatic nitrogens is 2. The number of rotatable bonds is 12. The first kappa shape index (κ1) is 30.6. The molecule has 1 amide bonds. The van der Waals surface area contributed by atoms with Crippen LogP contribution >= 0.6 is 0 Å². The van der Waals surface area contributed by atoms with Crippen LogP contribution in [0.4, 0.5) is 0 Å². The van der Waals surface area contributed by atoms with Crippen molar-refractivity contribution in [3.8, 4) is 11.5 Å². The standard InChI is InChI=1S/C36H42N8O3/c1-46-26-13-11-24(33(18-26)47-2)22-44-34(14-12-23-19-39-29-9-5-3-7-27(23)29)42-43-35(44)31(41-36(45)32-21-37-15-16-38-32)17-25-20-40-30-10-6-4-8-28(25)30/h3-11,13,18-20,31-32,34,37-40,42H,12,14-17,21-22H2,1-2H3,(H,41,45)/t31-,32?,34?/m1/s1. The first-order chi connectivity index (χ1) is 23.1. The molecule has 0 saturated carbocycles. The molecule has 0 bridgehead atoms. The van der Waals surface area contributed by atoms with Crippen LogP contribution in [0.25, 0.3) is 21.8 Å². The minimum absolute atomic E-state index is 0.0473. The van der Waals surface area contributed by atoms with Gasteiger partial charge < -0.3 is 40.3 Å². The highest BCUT2D eigenvalue weighted by molar-refractivity contribution is 5.95. The second-order valence-electron chi connectivity index (χ2n) is 12.2. The Labute approximate surface area is 274 Å². The smallest absolute Gasteiger partial charge is 0.239 e. The minimum atomic E-state index is -0.389. The lowest BCUT2D eigenvalue weighted by Crippen LogP contribution is -2.59. The van der Waals surface area contributed by atoms with Crippen molar-refractivity contribution in [3.63, 3.8) is 0 Å². The Balaban J connectivity index is 1.21. The molecule has 0 aliphatic carbocycles. The van der Waals surface area contributed by atoms with Crippen LogP contribution in [0.15, 0.2) is 84.2 Å². The molecule has 2 unspecified atom stereocenters. The van der Waals surface area contributed by atoms with E-state index >= 15 is 0 Å². The van der Waals surface area contributed by atoms with Crippen molar-refractivity contribution < 1.29 is 14.3 Å². The average Bonchev–Trinajstić information content (AvgIpc) is 3.84. The SMILES string of the molecule is COc1ccc(CN2C([C@@H](Cc3c[nH]c4ccccc34)NC(=O)C3CNCCN3)=NNC2CCc2c[nH]c3ccccc23)c(OC)c1. The van der Waals surface area contributed by atoms with Crippen molar-refractivity contribution in [2.75, 3.05) is 33.9 Å². The van der Waals surface area contributed by atoms with Crippen LogP contribution in [-0.2, 0) is 24.2 Å². The Kier molecular flexibility index (Phi) is 8.98. The van der Waals surface area contributed by atoms with E-state index in [-0.39, 0.29) is 24.2 Å². The summed E-state index contributed by atoms with van der Waals surface area (Å²) in [5.41, 5.74) is 9.02. The summed E-state index contributed by atoms with van der Waals surface area (Å²) in [4.78, 5) is 22.8. The fourth-order valence-corrected chi connectivity index (χ4v) is 6.76. The van der Waals surface area contributed by atoms with E-state index in [4.69, 9.17) is 14.6 Å². The lowest BCUT2D eigenvalue weighted by atomic mass is 10.0. The molecule has 47 heavy (non-hydrogen) atoms. The van der Waals surface area contributed by atoms with Gasteiger partial charge in [-0.3, -0.25) is 10.2 Å². The molecule has 5 aromatic rings. The zero-order valence-corrected chi connectivity index (χ0v) is 26.8. The van der Waals surface area contributed by atoms with Crippen molar-refractivity contribution in [2.24, 2.45) is 5.10 Å². The maximum atomic E-state index is 13.7.